The van der Waals surface area contributed by atoms with Gasteiger partial charge in [-0.3, -0.25) is 4.68 Å². The molecule has 0 aromatic carbocycles. The molecule has 0 bridgehead atoms. The van der Waals surface area contributed by atoms with Crippen LogP contribution in [0.15, 0.2) is 6.20 Å². The van der Waals surface area contributed by atoms with Gasteiger partial charge >= 0.3 is 0 Å². The van der Waals surface area contributed by atoms with Crippen LogP contribution in [0.4, 0.5) is 5.69 Å². The molecule has 1 aromatic heterocycles. The van der Waals surface area contributed by atoms with Crippen LogP contribution >= 0.6 is 0 Å². The molecule has 0 radical (unpaired) electrons. The Labute approximate surface area is 83.3 Å². The smallest absolute Gasteiger partial charge is 0.185 e. The van der Waals surface area contributed by atoms with E-state index >= 15 is 0 Å². The highest BCUT2D eigenvalue weighted by atomic mass is 15.3. The quantitative estimate of drug-likeness (QED) is 0.734. The van der Waals surface area contributed by atoms with Crippen LogP contribution in [0.2, 0.25) is 0 Å². The molecule has 1 saturated carbocycles. The fourth-order valence-electron chi connectivity index (χ4n) is 2.03. The third-order valence-electron chi connectivity index (χ3n) is 2.81. The number of hydrogen-bond acceptors (Lipinski definition) is 3. The Kier molecular flexibility index (Phi) is 2.40. The number of nitriles is 1. The third-order valence-corrected chi connectivity index (χ3v) is 2.81. The second kappa shape index (κ2) is 3.70. The lowest BCUT2D eigenvalue weighted by Crippen LogP contribution is -2.13. The van der Waals surface area contributed by atoms with Crippen molar-refractivity contribution in [1.29, 1.82) is 5.26 Å². The summed E-state index contributed by atoms with van der Waals surface area (Å²) < 4.78 is 1.87. The summed E-state index contributed by atoms with van der Waals surface area (Å²) in [4.78, 5) is 0. The van der Waals surface area contributed by atoms with Crippen LogP contribution < -0.4 is 5.73 Å². The van der Waals surface area contributed by atoms with Gasteiger partial charge in [-0.1, -0.05) is 19.3 Å². The van der Waals surface area contributed by atoms with E-state index in [1.165, 1.54) is 19.3 Å². The largest absolute Gasteiger partial charge is 0.395 e. The van der Waals surface area contributed by atoms with Crippen LogP contribution in [0.5, 0.6) is 0 Å². The van der Waals surface area contributed by atoms with Gasteiger partial charge in [-0.05, 0) is 12.8 Å². The molecule has 1 aromatic rings. The van der Waals surface area contributed by atoms with Crippen molar-refractivity contribution in [2.24, 2.45) is 0 Å². The molecule has 1 aliphatic rings. The van der Waals surface area contributed by atoms with E-state index in [1.54, 1.807) is 6.20 Å². The minimum atomic E-state index is 0.357. The van der Waals surface area contributed by atoms with Crippen LogP contribution in [0.25, 0.3) is 0 Å². The van der Waals surface area contributed by atoms with Crippen molar-refractivity contribution < 1.29 is 0 Å². The Morgan fingerprint density at radius 2 is 2.14 bits per heavy atom. The van der Waals surface area contributed by atoms with Crippen molar-refractivity contribution in [3.05, 3.63) is 11.9 Å². The van der Waals surface area contributed by atoms with E-state index in [-0.39, 0.29) is 0 Å². The van der Waals surface area contributed by atoms with E-state index in [4.69, 9.17) is 11.0 Å². The Hall–Kier alpha value is -1.50. The molecule has 2 N–H and O–H groups in total. The number of nitrogens with zero attached hydrogens (tertiary/aromatic N) is 3. The second-order valence-electron chi connectivity index (χ2n) is 3.82. The van der Waals surface area contributed by atoms with Gasteiger partial charge in [0.05, 0.1) is 11.7 Å². The summed E-state index contributed by atoms with van der Waals surface area (Å²) >= 11 is 0. The van der Waals surface area contributed by atoms with Crippen LogP contribution in [0.1, 0.15) is 43.8 Å². The fraction of sp³-hybridized carbons (Fsp3) is 0.600. The van der Waals surface area contributed by atoms with E-state index in [9.17, 15) is 0 Å². The Morgan fingerprint density at radius 1 is 1.43 bits per heavy atom. The van der Waals surface area contributed by atoms with Crippen molar-refractivity contribution in [3.8, 4) is 6.07 Å². The molecule has 14 heavy (non-hydrogen) atoms. The van der Waals surface area contributed by atoms with E-state index in [0.717, 1.165) is 12.8 Å². The van der Waals surface area contributed by atoms with Crippen molar-refractivity contribution >= 4 is 5.69 Å². The first kappa shape index (κ1) is 9.07. The zero-order valence-corrected chi connectivity index (χ0v) is 8.11. The van der Waals surface area contributed by atoms with Gasteiger partial charge in [0.25, 0.3) is 0 Å². The van der Waals surface area contributed by atoms with Gasteiger partial charge in [0.15, 0.2) is 5.69 Å². The molecule has 2 rings (SSSR count). The molecule has 0 amide bonds. The molecule has 0 saturated heterocycles. The van der Waals surface area contributed by atoms with Gasteiger partial charge in [-0.25, -0.2) is 0 Å². The van der Waals surface area contributed by atoms with Crippen molar-refractivity contribution in [2.45, 2.75) is 38.1 Å². The molecular formula is C10H14N4. The standard InChI is InChI=1S/C10H14N4/c11-6-10-9(12)7-14(13-10)8-4-2-1-3-5-8/h7-8H,1-5,12H2. The van der Waals surface area contributed by atoms with Crippen LogP contribution in [-0.2, 0) is 0 Å². The molecule has 0 spiro atoms. The van der Waals surface area contributed by atoms with Crippen LogP contribution in [0.3, 0.4) is 0 Å². The summed E-state index contributed by atoms with van der Waals surface area (Å²) in [5, 5.41) is 12.9. The molecular weight excluding hydrogens is 176 g/mol. The summed E-state index contributed by atoms with van der Waals surface area (Å²) in [6, 6.07) is 2.45. The fourth-order valence-corrected chi connectivity index (χ4v) is 2.03. The predicted molar refractivity (Wildman–Crippen MR) is 53.5 cm³/mol. The maximum Gasteiger partial charge on any atom is 0.185 e. The summed E-state index contributed by atoms with van der Waals surface area (Å²) in [7, 11) is 0. The number of nitrogen functional groups attached to an aromatic ring is 1. The maximum atomic E-state index is 8.72. The first-order valence-electron chi connectivity index (χ1n) is 5.06. The normalized spacial score (nSPS) is 17.9. The number of anilines is 1. The minimum absolute atomic E-state index is 0.357. The molecule has 4 nitrogen and oxygen atoms in total. The predicted octanol–water partition coefficient (Wildman–Crippen LogP) is 1.84. The summed E-state index contributed by atoms with van der Waals surface area (Å²) in [5.41, 5.74) is 6.51. The molecule has 1 aliphatic carbocycles. The number of rotatable bonds is 1. The Morgan fingerprint density at radius 3 is 2.71 bits per heavy atom. The number of hydrogen-bond donors (Lipinski definition) is 1. The Balaban J connectivity index is 2.19. The first-order valence-corrected chi connectivity index (χ1v) is 5.06. The molecule has 0 aliphatic heterocycles. The maximum absolute atomic E-state index is 8.72. The Bertz CT molecular complexity index is 355. The number of aromatic nitrogens is 2. The third kappa shape index (κ3) is 1.58. The molecule has 1 heterocycles. The molecule has 0 atom stereocenters. The van der Waals surface area contributed by atoms with Gasteiger partial charge in [0.1, 0.15) is 6.07 Å². The van der Waals surface area contributed by atoms with E-state index in [2.05, 4.69) is 5.10 Å². The van der Waals surface area contributed by atoms with Gasteiger partial charge < -0.3 is 5.73 Å². The topological polar surface area (TPSA) is 67.6 Å². The van der Waals surface area contributed by atoms with Crippen LogP contribution in [0, 0.1) is 11.3 Å². The van der Waals surface area contributed by atoms with Crippen molar-refractivity contribution in [1.82, 2.24) is 9.78 Å². The minimum Gasteiger partial charge on any atom is -0.395 e. The second-order valence-corrected chi connectivity index (χ2v) is 3.82. The average Bonchev–Trinajstić information content (AvgIpc) is 2.61. The van der Waals surface area contributed by atoms with Gasteiger partial charge in [-0.2, -0.15) is 10.4 Å². The van der Waals surface area contributed by atoms with Gasteiger partial charge in [-0.15, -0.1) is 0 Å². The van der Waals surface area contributed by atoms with E-state index in [1.807, 2.05) is 10.8 Å². The summed E-state index contributed by atoms with van der Waals surface area (Å²) in [6.45, 7) is 0. The lowest BCUT2D eigenvalue weighted by Gasteiger charge is -2.21. The average molecular weight is 190 g/mol. The molecule has 74 valence electrons. The lowest BCUT2D eigenvalue weighted by atomic mass is 9.96. The first-order chi connectivity index (χ1) is 6.81. The SMILES string of the molecule is N#Cc1nn(C2CCCCC2)cc1N. The van der Waals surface area contributed by atoms with Crippen molar-refractivity contribution in [2.75, 3.05) is 5.73 Å². The number of nitrogens with two attached hydrogens (primary N) is 1. The highest BCUT2D eigenvalue weighted by Crippen LogP contribution is 2.28. The monoisotopic (exact) mass is 190 g/mol. The zero-order chi connectivity index (χ0) is 9.97. The zero-order valence-electron chi connectivity index (χ0n) is 8.11. The van der Waals surface area contributed by atoms with Gasteiger partial charge in [0, 0.05) is 6.20 Å². The molecule has 1 fully saturated rings. The van der Waals surface area contributed by atoms with Gasteiger partial charge in [0.2, 0.25) is 0 Å². The summed E-state index contributed by atoms with van der Waals surface area (Å²) in [6.07, 6.45) is 7.93. The molecule has 4 heteroatoms. The van der Waals surface area contributed by atoms with Crippen LogP contribution in [-0.4, -0.2) is 9.78 Å². The lowest BCUT2D eigenvalue weighted by molar-refractivity contribution is 0.329. The summed E-state index contributed by atoms with van der Waals surface area (Å²) in [5.74, 6) is 0. The van der Waals surface area contributed by atoms with E-state index < -0.39 is 0 Å². The molecule has 0 unspecified atom stereocenters. The highest BCUT2D eigenvalue weighted by Gasteiger charge is 2.17. The van der Waals surface area contributed by atoms with Crippen molar-refractivity contribution in [3.63, 3.8) is 0 Å². The van der Waals surface area contributed by atoms with E-state index in [0.29, 0.717) is 17.4 Å². The highest BCUT2D eigenvalue weighted by molar-refractivity contribution is 5.47.